The molecule has 9 heteroatoms. The van der Waals surface area contributed by atoms with Crippen LogP contribution in [0.2, 0.25) is 0 Å². The van der Waals surface area contributed by atoms with E-state index < -0.39 is 18.3 Å². The van der Waals surface area contributed by atoms with Crippen LogP contribution >= 0.6 is 0 Å². The van der Waals surface area contributed by atoms with Gasteiger partial charge in [0.1, 0.15) is 6.42 Å². The molecule has 0 aliphatic carbocycles. The van der Waals surface area contributed by atoms with Crippen molar-refractivity contribution in [2.24, 2.45) is 5.41 Å². The fourth-order valence-electron chi connectivity index (χ4n) is 5.15. The van der Waals surface area contributed by atoms with Crippen LogP contribution in [0.15, 0.2) is 24.5 Å². The Morgan fingerprint density at radius 3 is 2.52 bits per heavy atom. The first kappa shape index (κ1) is 21.5. The molecule has 4 rings (SSSR count). The molecule has 3 aliphatic rings. The standard InChI is InChI=1S/C22H31N5O4/c28-19(13-21(30)31)24-17-3-9-25(14-17)15-20(29)26-10-4-22(5-11-26)6-12-27(16-22)18-1-7-23-8-2-18/h1-2,7-8,17H,3-6,9-16H2,(H,24,28)(H,30,31). The van der Waals surface area contributed by atoms with Gasteiger partial charge in [0.05, 0.1) is 6.54 Å². The van der Waals surface area contributed by atoms with Gasteiger partial charge in [-0.25, -0.2) is 0 Å². The smallest absolute Gasteiger partial charge is 0.312 e. The van der Waals surface area contributed by atoms with Crippen LogP contribution in [0, 0.1) is 5.41 Å². The number of amides is 2. The van der Waals surface area contributed by atoms with Gasteiger partial charge in [-0.1, -0.05) is 0 Å². The van der Waals surface area contributed by atoms with Gasteiger partial charge in [0.25, 0.3) is 0 Å². The number of anilines is 1. The number of hydrogen-bond donors (Lipinski definition) is 2. The fourth-order valence-corrected chi connectivity index (χ4v) is 5.15. The van der Waals surface area contributed by atoms with Gasteiger partial charge in [-0.3, -0.25) is 24.3 Å². The van der Waals surface area contributed by atoms with Crippen molar-refractivity contribution in [3.8, 4) is 0 Å². The third-order valence-corrected chi connectivity index (χ3v) is 6.95. The Labute approximate surface area is 182 Å². The molecule has 1 spiro atoms. The third kappa shape index (κ3) is 5.33. The van der Waals surface area contributed by atoms with Crippen molar-refractivity contribution in [3.05, 3.63) is 24.5 Å². The summed E-state index contributed by atoms with van der Waals surface area (Å²) >= 11 is 0. The molecule has 0 radical (unpaired) electrons. The molecule has 1 aromatic rings. The van der Waals surface area contributed by atoms with E-state index in [0.717, 1.165) is 52.0 Å². The maximum atomic E-state index is 12.8. The average Bonchev–Trinajstić information content (AvgIpc) is 3.36. The predicted molar refractivity (Wildman–Crippen MR) is 115 cm³/mol. The summed E-state index contributed by atoms with van der Waals surface area (Å²) in [4.78, 5) is 45.6. The zero-order chi connectivity index (χ0) is 21.8. The number of carboxylic acids is 1. The summed E-state index contributed by atoms with van der Waals surface area (Å²) in [5.41, 5.74) is 1.53. The summed E-state index contributed by atoms with van der Waals surface area (Å²) in [5, 5.41) is 11.4. The van der Waals surface area contributed by atoms with Gasteiger partial charge in [-0.2, -0.15) is 0 Å². The summed E-state index contributed by atoms with van der Waals surface area (Å²) in [7, 11) is 0. The zero-order valence-corrected chi connectivity index (χ0v) is 17.8. The van der Waals surface area contributed by atoms with Crippen molar-refractivity contribution in [1.29, 1.82) is 0 Å². The SMILES string of the molecule is O=C(O)CC(=O)NC1CCN(CC(=O)N2CCC3(CC2)CCN(c2ccncc2)C3)C1. The number of carbonyl (C=O) groups is 3. The van der Waals surface area contributed by atoms with Gasteiger partial charge in [-0.15, -0.1) is 0 Å². The molecule has 0 aromatic carbocycles. The lowest BCUT2D eigenvalue weighted by Gasteiger charge is -2.40. The highest BCUT2D eigenvalue weighted by Crippen LogP contribution is 2.41. The molecule has 168 valence electrons. The first-order chi connectivity index (χ1) is 14.9. The third-order valence-electron chi connectivity index (χ3n) is 6.95. The lowest BCUT2D eigenvalue weighted by atomic mass is 9.78. The molecule has 9 nitrogen and oxygen atoms in total. The number of nitrogens with one attached hydrogen (secondary N) is 1. The zero-order valence-electron chi connectivity index (χ0n) is 17.8. The molecule has 1 aromatic heterocycles. The number of aromatic nitrogens is 1. The molecule has 2 N–H and O–H groups in total. The van der Waals surface area contributed by atoms with Crippen molar-refractivity contribution in [1.82, 2.24) is 20.1 Å². The van der Waals surface area contributed by atoms with Crippen LogP contribution in [0.3, 0.4) is 0 Å². The molecule has 1 atom stereocenters. The van der Waals surface area contributed by atoms with Crippen LogP contribution < -0.4 is 10.2 Å². The molecule has 0 saturated carbocycles. The quantitative estimate of drug-likeness (QED) is 0.637. The molecular weight excluding hydrogens is 398 g/mol. The van der Waals surface area contributed by atoms with E-state index in [9.17, 15) is 14.4 Å². The Bertz CT molecular complexity index is 809. The Morgan fingerprint density at radius 2 is 1.81 bits per heavy atom. The Kier molecular flexibility index (Phi) is 6.41. The molecule has 4 heterocycles. The number of hydrogen-bond acceptors (Lipinski definition) is 6. The van der Waals surface area contributed by atoms with Crippen LogP contribution in [0.5, 0.6) is 0 Å². The highest BCUT2D eigenvalue weighted by atomic mass is 16.4. The number of nitrogens with zero attached hydrogens (tertiary/aromatic N) is 4. The van der Waals surface area contributed by atoms with Gasteiger partial charge >= 0.3 is 5.97 Å². The van der Waals surface area contributed by atoms with Crippen LogP contribution in [0.4, 0.5) is 5.69 Å². The first-order valence-electron chi connectivity index (χ1n) is 11.1. The minimum absolute atomic E-state index is 0.0815. The lowest BCUT2D eigenvalue weighted by molar-refractivity contribution is -0.141. The van der Waals surface area contributed by atoms with E-state index in [0.29, 0.717) is 18.5 Å². The summed E-state index contributed by atoms with van der Waals surface area (Å²) in [6.07, 6.45) is 7.14. The first-order valence-corrected chi connectivity index (χ1v) is 11.1. The van der Waals surface area contributed by atoms with Crippen LogP contribution in [-0.2, 0) is 14.4 Å². The van der Waals surface area contributed by atoms with Crippen molar-refractivity contribution >= 4 is 23.5 Å². The Hall–Kier alpha value is -2.68. The largest absolute Gasteiger partial charge is 0.481 e. The summed E-state index contributed by atoms with van der Waals surface area (Å²) in [6, 6.07) is 4.04. The van der Waals surface area contributed by atoms with E-state index in [4.69, 9.17) is 5.11 Å². The monoisotopic (exact) mass is 429 g/mol. The topological polar surface area (TPSA) is 106 Å². The second-order valence-corrected chi connectivity index (χ2v) is 9.12. The van der Waals surface area contributed by atoms with Crippen LogP contribution in [0.25, 0.3) is 0 Å². The highest BCUT2D eigenvalue weighted by molar-refractivity contribution is 5.93. The molecule has 3 fully saturated rings. The minimum Gasteiger partial charge on any atom is -0.481 e. The Morgan fingerprint density at radius 1 is 1.10 bits per heavy atom. The number of pyridine rings is 1. The van der Waals surface area contributed by atoms with Crippen molar-refractivity contribution in [2.45, 2.75) is 38.1 Å². The molecule has 3 aliphatic heterocycles. The van der Waals surface area contributed by atoms with Crippen molar-refractivity contribution in [2.75, 3.05) is 50.7 Å². The summed E-state index contributed by atoms with van der Waals surface area (Å²) in [5.74, 6) is -1.45. The predicted octanol–water partition coefficient (Wildman–Crippen LogP) is 0.566. The molecule has 3 saturated heterocycles. The van der Waals surface area contributed by atoms with E-state index in [1.807, 2.05) is 17.3 Å². The molecule has 1 unspecified atom stereocenters. The molecule has 31 heavy (non-hydrogen) atoms. The number of carbonyl (C=O) groups excluding carboxylic acids is 2. The minimum atomic E-state index is -1.13. The maximum Gasteiger partial charge on any atom is 0.312 e. The Balaban J connectivity index is 1.21. The van der Waals surface area contributed by atoms with Gasteiger partial charge in [0, 0.05) is 63.4 Å². The second kappa shape index (κ2) is 9.21. The molecule has 2 amide bonds. The highest BCUT2D eigenvalue weighted by Gasteiger charge is 2.41. The van der Waals surface area contributed by atoms with Gasteiger partial charge < -0.3 is 20.2 Å². The van der Waals surface area contributed by atoms with E-state index >= 15 is 0 Å². The van der Waals surface area contributed by atoms with E-state index in [1.165, 1.54) is 12.1 Å². The van der Waals surface area contributed by atoms with Gasteiger partial charge in [0.15, 0.2) is 0 Å². The lowest BCUT2D eigenvalue weighted by Crippen LogP contribution is -2.47. The number of aliphatic carboxylic acids is 1. The normalized spacial score (nSPS) is 23.3. The average molecular weight is 430 g/mol. The van der Waals surface area contributed by atoms with E-state index in [-0.39, 0.29) is 11.9 Å². The summed E-state index contributed by atoms with van der Waals surface area (Å²) < 4.78 is 0. The fraction of sp³-hybridized carbons (Fsp3) is 0.636. The molecular formula is C22H31N5O4. The van der Waals surface area contributed by atoms with Crippen molar-refractivity contribution < 1.29 is 19.5 Å². The van der Waals surface area contributed by atoms with E-state index in [2.05, 4.69) is 32.2 Å². The van der Waals surface area contributed by atoms with E-state index in [1.54, 1.807) is 0 Å². The molecule has 0 bridgehead atoms. The number of rotatable bonds is 6. The van der Waals surface area contributed by atoms with Crippen LogP contribution in [0.1, 0.15) is 32.1 Å². The maximum absolute atomic E-state index is 12.8. The number of piperidine rings is 1. The second-order valence-electron chi connectivity index (χ2n) is 9.12. The van der Waals surface area contributed by atoms with Gasteiger partial charge in [-0.05, 0) is 43.2 Å². The summed E-state index contributed by atoms with van der Waals surface area (Å²) in [6.45, 7) is 5.40. The van der Waals surface area contributed by atoms with Crippen molar-refractivity contribution in [3.63, 3.8) is 0 Å². The number of likely N-dealkylation sites (tertiary alicyclic amines) is 2. The van der Waals surface area contributed by atoms with Crippen LogP contribution in [-0.4, -0.2) is 89.5 Å². The number of carboxylic acid groups (broad SMARTS) is 1. The van der Waals surface area contributed by atoms with Gasteiger partial charge in [0.2, 0.25) is 11.8 Å².